The fourth-order valence-electron chi connectivity index (χ4n) is 5.13. The van der Waals surface area contributed by atoms with Crippen molar-refractivity contribution in [1.82, 2.24) is 4.57 Å². The van der Waals surface area contributed by atoms with Gasteiger partial charge < -0.3 is 24.4 Å². The second kappa shape index (κ2) is 10.8. The van der Waals surface area contributed by atoms with Gasteiger partial charge in [0, 0.05) is 54.1 Å². The summed E-state index contributed by atoms with van der Waals surface area (Å²) in [5.41, 5.74) is 5.31. The Morgan fingerprint density at radius 1 is 1.19 bits per heavy atom. The molecule has 0 radical (unpaired) electrons. The van der Waals surface area contributed by atoms with Gasteiger partial charge in [0.05, 0.1) is 17.8 Å². The van der Waals surface area contributed by atoms with Gasteiger partial charge >= 0.3 is 6.09 Å². The average Bonchev–Trinajstić information content (AvgIpc) is 3.66. The van der Waals surface area contributed by atoms with Gasteiger partial charge in [0.1, 0.15) is 11.9 Å². The van der Waals surface area contributed by atoms with Crippen molar-refractivity contribution in [2.24, 2.45) is 10.9 Å². The predicted molar refractivity (Wildman–Crippen MR) is 150 cm³/mol. The van der Waals surface area contributed by atoms with Crippen LogP contribution in [0.4, 0.5) is 10.5 Å². The van der Waals surface area contributed by atoms with Crippen molar-refractivity contribution >= 4 is 34.6 Å². The number of carbonyl (C=O) groups excluding carboxylic acids is 1. The summed E-state index contributed by atoms with van der Waals surface area (Å²) in [5, 5.41) is 12.9. The van der Waals surface area contributed by atoms with Gasteiger partial charge in [-0.15, -0.1) is 0 Å². The Balaban J connectivity index is 1.54. The quantitative estimate of drug-likeness (QED) is 0.288. The standard InChI is InChI=1S/C30H36N4O3/c1-4-36-24-14-15-25-27(18-24)34(23-6-5-7-23)29(28(25)26(31)16-17-32-3)21-10-12-22(13-11-21)33-30(35)37-19(2)20-8-9-20/h10-15,17-20,23,31H,4-9,16H2,1-3H3,(H,33,35). The molecule has 2 saturated carbocycles. The van der Waals surface area contributed by atoms with Crippen molar-refractivity contribution < 1.29 is 14.3 Å². The SMILES string of the molecule is CCOc1ccc2c(C(=N)CC=NC)c(-c3ccc(NC(=O)OC(C)C4CC4)cc3)n(C3CCC3)c2c1. The molecule has 0 aliphatic heterocycles. The molecule has 1 unspecified atom stereocenters. The van der Waals surface area contributed by atoms with Crippen LogP contribution in [-0.4, -0.2) is 42.3 Å². The number of fused-ring (bicyclic) bond motifs is 1. The Bertz CT molecular complexity index is 1320. The summed E-state index contributed by atoms with van der Waals surface area (Å²) in [5.74, 6) is 1.34. The van der Waals surface area contributed by atoms with Crippen LogP contribution in [0.2, 0.25) is 0 Å². The minimum atomic E-state index is -0.416. The van der Waals surface area contributed by atoms with Gasteiger partial charge in [-0.1, -0.05) is 12.1 Å². The number of anilines is 1. The molecule has 1 aromatic heterocycles. The van der Waals surface area contributed by atoms with Crippen LogP contribution in [0.15, 0.2) is 47.5 Å². The van der Waals surface area contributed by atoms with E-state index in [2.05, 4.69) is 27.0 Å². The van der Waals surface area contributed by atoms with Crippen molar-refractivity contribution in [2.75, 3.05) is 19.0 Å². The Kier molecular flexibility index (Phi) is 7.31. The van der Waals surface area contributed by atoms with Gasteiger partial charge in [0.2, 0.25) is 0 Å². The van der Waals surface area contributed by atoms with Gasteiger partial charge in [-0.25, -0.2) is 4.79 Å². The Labute approximate surface area is 218 Å². The number of rotatable bonds is 10. The van der Waals surface area contributed by atoms with E-state index in [9.17, 15) is 4.79 Å². The van der Waals surface area contributed by atoms with Gasteiger partial charge in [0.15, 0.2) is 0 Å². The largest absolute Gasteiger partial charge is 0.494 e. The Morgan fingerprint density at radius 2 is 1.95 bits per heavy atom. The smallest absolute Gasteiger partial charge is 0.411 e. The van der Waals surface area contributed by atoms with E-state index >= 15 is 0 Å². The molecule has 2 fully saturated rings. The van der Waals surface area contributed by atoms with Crippen molar-refractivity contribution in [3.8, 4) is 17.0 Å². The van der Waals surface area contributed by atoms with E-state index in [1.165, 1.54) is 6.42 Å². The molecule has 3 aromatic rings. The highest BCUT2D eigenvalue weighted by Crippen LogP contribution is 2.44. The highest BCUT2D eigenvalue weighted by molar-refractivity contribution is 6.18. The zero-order chi connectivity index (χ0) is 25.9. The highest BCUT2D eigenvalue weighted by atomic mass is 16.6. The maximum Gasteiger partial charge on any atom is 0.411 e. The van der Waals surface area contributed by atoms with Crippen LogP contribution in [0.25, 0.3) is 22.2 Å². The number of nitrogens with zero attached hydrogens (tertiary/aromatic N) is 2. The predicted octanol–water partition coefficient (Wildman–Crippen LogP) is 7.24. The molecule has 0 saturated heterocycles. The third-order valence-corrected chi connectivity index (χ3v) is 7.49. The van der Waals surface area contributed by atoms with Crippen LogP contribution < -0.4 is 10.1 Å². The third kappa shape index (κ3) is 5.26. The number of aromatic nitrogens is 1. The molecule has 7 heteroatoms. The van der Waals surface area contributed by atoms with Gasteiger partial charge in [-0.2, -0.15) is 0 Å². The molecule has 194 valence electrons. The maximum absolute atomic E-state index is 12.4. The normalized spacial score (nSPS) is 16.5. The summed E-state index contributed by atoms with van der Waals surface area (Å²) in [7, 11) is 1.74. The molecule has 7 nitrogen and oxygen atoms in total. The van der Waals surface area contributed by atoms with Crippen LogP contribution >= 0.6 is 0 Å². The molecule has 2 aliphatic carbocycles. The first-order valence-electron chi connectivity index (χ1n) is 13.4. The lowest BCUT2D eigenvalue weighted by Gasteiger charge is -2.30. The Hall–Kier alpha value is -3.61. The molecule has 0 spiro atoms. The number of hydrogen-bond acceptors (Lipinski definition) is 5. The number of amides is 1. The summed E-state index contributed by atoms with van der Waals surface area (Å²) < 4.78 is 13.8. The zero-order valence-electron chi connectivity index (χ0n) is 21.9. The molecule has 5 rings (SSSR count). The molecule has 2 aliphatic rings. The van der Waals surface area contributed by atoms with Crippen LogP contribution in [0, 0.1) is 11.3 Å². The van der Waals surface area contributed by atoms with Crippen LogP contribution in [0.5, 0.6) is 5.75 Å². The molecule has 1 amide bonds. The first-order chi connectivity index (χ1) is 18.0. The fourth-order valence-corrected chi connectivity index (χ4v) is 5.13. The lowest BCUT2D eigenvalue weighted by molar-refractivity contribution is 0.108. The topological polar surface area (TPSA) is 88.7 Å². The Morgan fingerprint density at radius 3 is 2.57 bits per heavy atom. The number of nitrogens with one attached hydrogen (secondary N) is 2. The van der Waals surface area contributed by atoms with E-state index < -0.39 is 6.09 Å². The van der Waals surface area contributed by atoms with E-state index in [4.69, 9.17) is 14.9 Å². The summed E-state index contributed by atoms with van der Waals surface area (Å²) in [6, 6.07) is 14.4. The van der Waals surface area contributed by atoms with Crippen LogP contribution in [0.3, 0.4) is 0 Å². The number of benzene rings is 2. The maximum atomic E-state index is 12.4. The number of ether oxygens (including phenoxy) is 2. The lowest BCUT2D eigenvalue weighted by Crippen LogP contribution is -2.21. The summed E-state index contributed by atoms with van der Waals surface area (Å²) in [6.07, 6.45) is 7.47. The number of hydrogen-bond donors (Lipinski definition) is 2. The number of aliphatic imine (C=N–C) groups is 1. The molecule has 0 bridgehead atoms. The molecule has 1 heterocycles. The van der Waals surface area contributed by atoms with Crippen LogP contribution in [0.1, 0.15) is 64.0 Å². The van der Waals surface area contributed by atoms with E-state index in [1.807, 2.05) is 44.2 Å². The first kappa shape index (κ1) is 25.1. The second-order valence-corrected chi connectivity index (χ2v) is 10.1. The average molecular weight is 501 g/mol. The van der Waals surface area contributed by atoms with Crippen molar-refractivity contribution in [3.05, 3.63) is 48.0 Å². The van der Waals surface area contributed by atoms with E-state index in [0.717, 1.165) is 59.2 Å². The molecule has 2 aromatic carbocycles. The molecular formula is C30H36N4O3. The lowest BCUT2D eigenvalue weighted by atomic mass is 9.91. The molecule has 2 N–H and O–H groups in total. The summed E-state index contributed by atoms with van der Waals surface area (Å²) in [6.45, 7) is 4.55. The fraction of sp³-hybridized carbons (Fsp3) is 0.433. The van der Waals surface area contributed by atoms with Gasteiger partial charge in [-0.3, -0.25) is 5.32 Å². The third-order valence-electron chi connectivity index (χ3n) is 7.49. The van der Waals surface area contributed by atoms with Gasteiger partial charge in [-0.05, 0) is 81.7 Å². The number of carbonyl (C=O) groups is 1. The van der Waals surface area contributed by atoms with Crippen molar-refractivity contribution in [1.29, 1.82) is 5.41 Å². The first-order valence-corrected chi connectivity index (χ1v) is 13.4. The minimum Gasteiger partial charge on any atom is -0.494 e. The zero-order valence-corrected chi connectivity index (χ0v) is 21.9. The van der Waals surface area contributed by atoms with Crippen molar-refractivity contribution in [3.63, 3.8) is 0 Å². The summed E-state index contributed by atoms with van der Waals surface area (Å²) >= 11 is 0. The molecule has 37 heavy (non-hydrogen) atoms. The second-order valence-electron chi connectivity index (χ2n) is 10.1. The summed E-state index contributed by atoms with van der Waals surface area (Å²) in [4.78, 5) is 16.5. The van der Waals surface area contributed by atoms with E-state index in [0.29, 0.717) is 36.4 Å². The molecule has 1 atom stereocenters. The van der Waals surface area contributed by atoms with Gasteiger partial charge in [0.25, 0.3) is 0 Å². The van der Waals surface area contributed by atoms with E-state index in [-0.39, 0.29) is 6.10 Å². The van der Waals surface area contributed by atoms with Crippen molar-refractivity contribution in [2.45, 2.75) is 64.5 Å². The monoisotopic (exact) mass is 500 g/mol. The molecular weight excluding hydrogens is 464 g/mol. The highest BCUT2D eigenvalue weighted by Gasteiger charge is 2.31. The van der Waals surface area contributed by atoms with E-state index in [1.54, 1.807) is 13.3 Å². The van der Waals surface area contributed by atoms with Crippen LogP contribution in [-0.2, 0) is 4.74 Å². The minimum absolute atomic E-state index is 0.0562.